The second kappa shape index (κ2) is 5.08. The van der Waals surface area contributed by atoms with Gasteiger partial charge in [0, 0.05) is 6.07 Å². The van der Waals surface area contributed by atoms with E-state index in [4.69, 9.17) is 16.2 Å². The van der Waals surface area contributed by atoms with Crippen molar-refractivity contribution in [2.24, 2.45) is 11.5 Å². The lowest BCUT2D eigenvalue weighted by atomic mass is 10.3. The Labute approximate surface area is 91.1 Å². The van der Waals surface area contributed by atoms with E-state index in [1.54, 1.807) is 0 Å². The Balaban J connectivity index is 2.64. The van der Waals surface area contributed by atoms with Crippen LogP contribution in [0.25, 0.3) is 0 Å². The summed E-state index contributed by atoms with van der Waals surface area (Å²) in [5, 5.41) is 10.5. The number of carbonyl (C=O) groups is 1. The summed E-state index contributed by atoms with van der Waals surface area (Å²) in [5.74, 6) is -0.420. The first-order valence-corrected chi connectivity index (χ1v) is 4.43. The van der Waals surface area contributed by atoms with Gasteiger partial charge >= 0.3 is 0 Å². The summed E-state index contributed by atoms with van der Waals surface area (Å²) in [6, 6.07) is 4.65. The Bertz CT molecular complexity index is 407. The van der Waals surface area contributed by atoms with Gasteiger partial charge in [-0.2, -0.15) is 0 Å². The minimum absolute atomic E-state index is 0.0925. The van der Waals surface area contributed by atoms with E-state index >= 15 is 0 Å². The number of carbonyl (C=O) groups excluding carboxylic acids is 1. The molecule has 0 heterocycles. The Hall–Kier alpha value is -2.15. The van der Waals surface area contributed by atoms with E-state index in [0.29, 0.717) is 0 Å². The zero-order valence-electron chi connectivity index (χ0n) is 8.33. The Morgan fingerprint density at radius 3 is 2.81 bits per heavy atom. The van der Waals surface area contributed by atoms with Gasteiger partial charge in [-0.15, -0.1) is 0 Å². The second-order valence-corrected chi connectivity index (χ2v) is 3.07. The first-order chi connectivity index (χ1) is 7.50. The first kappa shape index (κ1) is 11.9. The minimum atomic E-state index is -0.931. The third-order valence-electron chi connectivity index (χ3n) is 1.82. The quantitative estimate of drug-likeness (QED) is 0.530. The molecule has 1 amide bonds. The van der Waals surface area contributed by atoms with Crippen LogP contribution in [-0.4, -0.2) is 23.5 Å². The molecule has 0 aliphatic rings. The van der Waals surface area contributed by atoms with Gasteiger partial charge in [0.05, 0.1) is 11.0 Å². The van der Waals surface area contributed by atoms with Crippen molar-refractivity contribution in [1.82, 2.24) is 0 Å². The molecule has 0 aliphatic carbocycles. The van der Waals surface area contributed by atoms with Crippen molar-refractivity contribution in [3.8, 4) is 5.75 Å². The topological polar surface area (TPSA) is 121 Å². The monoisotopic (exact) mass is 225 g/mol. The fourth-order valence-corrected chi connectivity index (χ4v) is 0.955. The molecule has 0 aliphatic heterocycles. The van der Waals surface area contributed by atoms with E-state index in [2.05, 4.69) is 0 Å². The summed E-state index contributed by atoms with van der Waals surface area (Å²) in [4.78, 5) is 20.5. The van der Waals surface area contributed by atoms with Crippen LogP contribution in [0.15, 0.2) is 24.3 Å². The fraction of sp³-hybridized carbons (Fsp3) is 0.222. The summed E-state index contributed by atoms with van der Waals surface area (Å²) >= 11 is 0. The summed E-state index contributed by atoms with van der Waals surface area (Å²) in [6.45, 7) is -0.115. The number of amides is 1. The van der Waals surface area contributed by atoms with Gasteiger partial charge in [0.1, 0.15) is 18.4 Å². The highest BCUT2D eigenvalue weighted by Gasteiger charge is 2.11. The molecule has 86 valence electrons. The average molecular weight is 225 g/mol. The van der Waals surface area contributed by atoms with Crippen LogP contribution in [0, 0.1) is 10.1 Å². The number of ether oxygens (including phenoxy) is 1. The predicted octanol–water partition coefficient (Wildman–Crippen LogP) is -0.214. The zero-order chi connectivity index (χ0) is 12.1. The zero-order valence-corrected chi connectivity index (χ0v) is 8.33. The molecule has 0 aromatic heterocycles. The van der Waals surface area contributed by atoms with Gasteiger partial charge in [-0.25, -0.2) is 0 Å². The van der Waals surface area contributed by atoms with Gasteiger partial charge in [-0.1, -0.05) is 6.07 Å². The highest BCUT2D eigenvalue weighted by atomic mass is 16.6. The van der Waals surface area contributed by atoms with Crippen LogP contribution >= 0.6 is 0 Å². The SMILES string of the molecule is NC(=O)C(N)COc1cccc([N+](=O)[O-])c1. The number of nitro benzene ring substituents is 1. The van der Waals surface area contributed by atoms with Crippen molar-refractivity contribution in [1.29, 1.82) is 0 Å². The third kappa shape index (κ3) is 3.21. The molecule has 7 nitrogen and oxygen atoms in total. The van der Waals surface area contributed by atoms with Crippen LogP contribution in [0.2, 0.25) is 0 Å². The number of nitro groups is 1. The molecule has 16 heavy (non-hydrogen) atoms. The summed E-state index contributed by atoms with van der Waals surface area (Å²) in [7, 11) is 0. The third-order valence-corrected chi connectivity index (χ3v) is 1.82. The maximum absolute atomic E-state index is 10.6. The molecule has 7 heteroatoms. The molecule has 0 spiro atoms. The van der Waals surface area contributed by atoms with Crippen LogP contribution in [0.4, 0.5) is 5.69 Å². The van der Waals surface area contributed by atoms with Gasteiger partial charge in [0.15, 0.2) is 0 Å². The van der Waals surface area contributed by atoms with Crippen LogP contribution < -0.4 is 16.2 Å². The van der Waals surface area contributed by atoms with E-state index in [-0.39, 0.29) is 18.0 Å². The lowest BCUT2D eigenvalue weighted by molar-refractivity contribution is -0.384. The van der Waals surface area contributed by atoms with Gasteiger partial charge < -0.3 is 16.2 Å². The molecule has 4 N–H and O–H groups in total. The van der Waals surface area contributed by atoms with Crippen LogP contribution in [0.1, 0.15) is 0 Å². The Kier molecular flexibility index (Phi) is 3.78. The molecule has 1 atom stereocenters. The van der Waals surface area contributed by atoms with Crippen LogP contribution in [0.3, 0.4) is 0 Å². The van der Waals surface area contributed by atoms with Crippen molar-refractivity contribution in [3.05, 3.63) is 34.4 Å². The molecule has 0 saturated heterocycles. The van der Waals surface area contributed by atoms with Crippen molar-refractivity contribution < 1.29 is 14.5 Å². The molecule has 0 fully saturated rings. The molecule has 1 rings (SSSR count). The Morgan fingerprint density at radius 2 is 2.25 bits per heavy atom. The van der Waals surface area contributed by atoms with Crippen LogP contribution in [0.5, 0.6) is 5.75 Å². The molecule has 1 aromatic carbocycles. The number of hydrogen-bond acceptors (Lipinski definition) is 5. The first-order valence-electron chi connectivity index (χ1n) is 4.43. The van der Waals surface area contributed by atoms with E-state index in [1.165, 1.54) is 24.3 Å². The van der Waals surface area contributed by atoms with Crippen LogP contribution in [-0.2, 0) is 4.79 Å². The fourth-order valence-electron chi connectivity index (χ4n) is 0.955. The van der Waals surface area contributed by atoms with Crippen molar-refractivity contribution in [2.75, 3.05) is 6.61 Å². The molecule has 0 bridgehead atoms. The Morgan fingerprint density at radius 1 is 1.56 bits per heavy atom. The van der Waals surface area contributed by atoms with E-state index in [1.807, 2.05) is 0 Å². The van der Waals surface area contributed by atoms with E-state index < -0.39 is 16.9 Å². The standard InChI is InChI=1S/C9H11N3O4/c10-8(9(11)13)5-16-7-3-1-2-6(4-7)12(14)15/h1-4,8H,5,10H2,(H2,11,13). The average Bonchev–Trinajstić information content (AvgIpc) is 2.26. The molecular weight excluding hydrogens is 214 g/mol. The molecule has 1 aromatic rings. The minimum Gasteiger partial charge on any atom is -0.491 e. The normalized spacial score (nSPS) is 11.8. The highest BCUT2D eigenvalue weighted by Crippen LogP contribution is 2.18. The largest absolute Gasteiger partial charge is 0.491 e. The molecule has 1 unspecified atom stereocenters. The summed E-state index contributed by atoms with van der Waals surface area (Å²) in [5.41, 5.74) is 10.2. The number of primary amides is 1. The predicted molar refractivity (Wildman–Crippen MR) is 55.8 cm³/mol. The van der Waals surface area contributed by atoms with Crippen molar-refractivity contribution >= 4 is 11.6 Å². The van der Waals surface area contributed by atoms with Gasteiger partial charge in [0.25, 0.3) is 5.69 Å². The number of rotatable bonds is 5. The lowest BCUT2D eigenvalue weighted by Crippen LogP contribution is -2.41. The van der Waals surface area contributed by atoms with Crippen molar-refractivity contribution in [3.63, 3.8) is 0 Å². The lowest BCUT2D eigenvalue weighted by Gasteiger charge is -2.09. The summed E-state index contributed by atoms with van der Waals surface area (Å²) < 4.78 is 5.09. The number of non-ortho nitro benzene ring substituents is 1. The number of nitrogens with two attached hydrogens (primary N) is 2. The number of hydrogen-bond donors (Lipinski definition) is 2. The van der Waals surface area contributed by atoms with E-state index in [9.17, 15) is 14.9 Å². The maximum atomic E-state index is 10.6. The smallest absolute Gasteiger partial charge is 0.273 e. The van der Waals surface area contributed by atoms with Gasteiger partial charge in [-0.05, 0) is 6.07 Å². The highest BCUT2D eigenvalue weighted by molar-refractivity contribution is 5.79. The number of benzene rings is 1. The maximum Gasteiger partial charge on any atom is 0.273 e. The summed E-state index contributed by atoms with van der Waals surface area (Å²) in [6.07, 6.45) is 0. The molecule has 0 radical (unpaired) electrons. The number of nitrogens with zero attached hydrogens (tertiary/aromatic N) is 1. The second-order valence-electron chi connectivity index (χ2n) is 3.07. The van der Waals surface area contributed by atoms with Gasteiger partial charge in [-0.3, -0.25) is 14.9 Å². The molecule has 0 saturated carbocycles. The van der Waals surface area contributed by atoms with Gasteiger partial charge in [0.2, 0.25) is 5.91 Å². The van der Waals surface area contributed by atoms with Crippen molar-refractivity contribution in [2.45, 2.75) is 6.04 Å². The molecular formula is C9H11N3O4. The van der Waals surface area contributed by atoms with E-state index in [0.717, 1.165) is 0 Å².